The summed E-state index contributed by atoms with van der Waals surface area (Å²) in [5.74, 6) is -0.343. The molecule has 0 aromatic carbocycles. The third kappa shape index (κ3) is 3.87. The molecular formula is C15H25NO5. The van der Waals surface area contributed by atoms with E-state index in [1.165, 1.54) is 0 Å². The number of nitrogens with zero attached hydrogens (tertiary/aromatic N) is 1. The predicted octanol–water partition coefficient (Wildman–Crippen LogP) is 1.97. The highest BCUT2D eigenvalue weighted by molar-refractivity contribution is 5.78. The minimum Gasteiger partial charge on any atom is -0.462 e. The van der Waals surface area contributed by atoms with E-state index in [1.807, 2.05) is 0 Å². The fourth-order valence-corrected chi connectivity index (χ4v) is 2.58. The summed E-state index contributed by atoms with van der Waals surface area (Å²) in [5.41, 5.74) is -0.749. The Morgan fingerprint density at radius 1 is 1.24 bits per heavy atom. The van der Waals surface area contributed by atoms with E-state index in [2.05, 4.69) is 25.7 Å². The molecule has 6 nitrogen and oxygen atoms in total. The van der Waals surface area contributed by atoms with E-state index in [-0.39, 0.29) is 30.8 Å². The van der Waals surface area contributed by atoms with Gasteiger partial charge in [-0.05, 0) is 40.5 Å². The SMILES string of the molecule is CC1(C(=O)OC2CCN(C(C)(C)C)CC2)COC(=O)OC1. The molecule has 0 radical (unpaired) electrons. The number of piperidine rings is 1. The van der Waals surface area contributed by atoms with Crippen LogP contribution in [0.25, 0.3) is 0 Å². The van der Waals surface area contributed by atoms with Gasteiger partial charge in [-0.3, -0.25) is 9.69 Å². The molecule has 2 heterocycles. The van der Waals surface area contributed by atoms with Crippen LogP contribution in [0.3, 0.4) is 0 Å². The second-order valence-corrected chi connectivity index (χ2v) is 7.15. The maximum Gasteiger partial charge on any atom is 0.508 e. The van der Waals surface area contributed by atoms with Crippen molar-refractivity contribution in [3.63, 3.8) is 0 Å². The lowest BCUT2D eigenvalue weighted by atomic mass is 9.92. The monoisotopic (exact) mass is 299 g/mol. The van der Waals surface area contributed by atoms with Crippen LogP contribution in [0.2, 0.25) is 0 Å². The summed E-state index contributed by atoms with van der Waals surface area (Å²) in [4.78, 5) is 25.6. The average Bonchev–Trinajstić information content (AvgIpc) is 2.42. The molecular weight excluding hydrogens is 274 g/mol. The Kier molecular flexibility index (Phi) is 4.46. The number of ether oxygens (including phenoxy) is 3. The lowest BCUT2D eigenvalue weighted by Gasteiger charge is -2.41. The van der Waals surface area contributed by atoms with Gasteiger partial charge in [0.25, 0.3) is 0 Å². The molecule has 2 fully saturated rings. The summed E-state index contributed by atoms with van der Waals surface area (Å²) in [5, 5.41) is 0. The number of esters is 1. The third-order valence-electron chi connectivity index (χ3n) is 4.17. The molecule has 0 aliphatic carbocycles. The van der Waals surface area contributed by atoms with E-state index in [1.54, 1.807) is 6.92 Å². The molecule has 0 aromatic rings. The Balaban J connectivity index is 1.83. The normalized spacial score (nSPS) is 24.1. The lowest BCUT2D eigenvalue weighted by molar-refractivity contribution is -0.174. The molecule has 0 amide bonds. The maximum absolute atomic E-state index is 12.3. The summed E-state index contributed by atoms with van der Waals surface area (Å²) in [7, 11) is 0. The van der Waals surface area contributed by atoms with Gasteiger partial charge in [0.2, 0.25) is 0 Å². The number of likely N-dealkylation sites (tertiary alicyclic amines) is 1. The maximum atomic E-state index is 12.3. The van der Waals surface area contributed by atoms with E-state index in [4.69, 9.17) is 14.2 Å². The highest BCUT2D eigenvalue weighted by atomic mass is 16.7. The van der Waals surface area contributed by atoms with Gasteiger partial charge in [-0.25, -0.2) is 4.79 Å². The highest BCUT2D eigenvalue weighted by Crippen LogP contribution is 2.27. The quantitative estimate of drug-likeness (QED) is 0.726. The molecule has 0 unspecified atom stereocenters. The smallest absolute Gasteiger partial charge is 0.462 e. The molecule has 6 heteroatoms. The Morgan fingerprint density at radius 3 is 2.24 bits per heavy atom. The lowest BCUT2D eigenvalue weighted by Crippen LogP contribution is -2.49. The molecule has 2 rings (SSSR count). The van der Waals surface area contributed by atoms with Crippen molar-refractivity contribution in [2.24, 2.45) is 5.41 Å². The van der Waals surface area contributed by atoms with Crippen LogP contribution in [0.1, 0.15) is 40.5 Å². The van der Waals surface area contributed by atoms with Crippen LogP contribution in [0.15, 0.2) is 0 Å². The minimum absolute atomic E-state index is 0.0193. The summed E-state index contributed by atoms with van der Waals surface area (Å²) < 4.78 is 15.2. The molecule has 0 bridgehead atoms. The van der Waals surface area contributed by atoms with Gasteiger partial charge in [0.1, 0.15) is 24.7 Å². The number of carbonyl (C=O) groups excluding carboxylic acids is 2. The zero-order chi connectivity index (χ0) is 15.7. The van der Waals surface area contributed by atoms with Gasteiger partial charge >= 0.3 is 12.1 Å². The van der Waals surface area contributed by atoms with E-state index >= 15 is 0 Å². The first-order valence-corrected chi connectivity index (χ1v) is 7.46. The Labute approximate surface area is 125 Å². The number of hydrogen-bond donors (Lipinski definition) is 0. The van der Waals surface area contributed by atoms with Gasteiger partial charge in [0.15, 0.2) is 0 Å². The molecule has 0 aromatic heterocycles. The molecule has 2 aliphatic heterocycles. The average molecular weight is 299 g/mol. The topological polar surface area (TPSA) is 65.1 Å². The Morgan fingerprint density at radius 2 is 1.76 bits per heavy atom. The first kappa shape index (κ1) is 16.1. The Bertz CT molecular complexity index is 397. The number of carbonyl (C=O) groups is 2. The summed E-state index contributed by atoms with van der Waals surface area (Å²) in [6.45, 7) is 10.1. The number of rotatable bonds is 2. The predicted molar refractivity (Wildman–Crippen MR) is 75.8 cm³/mol. The number of cyclic esters (lactones) is 2. The largest absolute Gasteiger partial charge is 0.508 e. The van der Waals surface area contributed by atoms with Crippen molar-refractivity contribution in [3.05, 3.63) is 0 Å². The molecule has 0 saturated carbocycles. The van der Waals surface area contributed by atoms with E-state index in [0.717, 1.165) is 25.9 Å². The van der Waals surface area contributed by atoms with Gasteiger partial charge in [0, 0.05) is 18.6 Å². The van der Waals surface area contributed by atoms with E-state index in [9.17, 15) is 9.59 Å². The zero-order valence-corrected chi connectivity index (χ0v) is 13.3. The van der Waals surface area contributed by atoms with E-state index in [0.29, 0.717) is 0 Å². The van der Waals surface area contributed by atoms with Crippen LogP contribution in [0, 0.1) is 5.41 Å². The van der Waals surface area contributed by atoms with Crippen molar-refractivity contribution in [2.45, 2.75) is 52.2 Å². The molecule has 21 heavy (non-hydrogen) atoms. The molecule has 2 saturated heterocycles. The third-order valence-corrected chi connectivity index (χ3v) is 4.17. The molecule has 120 valence electrons. The van der Waals surface area contributed by atoms with E-state index < -0.39 is 11.6 Å². The van der Waals surface area contributed by atoms with Crippen molar-refractivity contribution < 1.29 is 23.8 Å². The Hall–Kier alpha value is -1.30. The van der Waals surface area contributed by atoms with Crippen LogP contribution in [0.4, 0.5) is 4.79 Å². The van der Waals surface area contributed by atoms with Gasteiger partial charge in [0.05, 0.1) is 0 Å². The van der Waals surface area contributed by atoms with Gasteiger partial charge in [-0.2, -0.15) is 0 Å². The van der Waals surface area contributed by atoms with Gasteiger partial charge in [-0.1, -0.05) is 0 Å². The highest BCUT2D eigenvalue weighted by Gasteiger charge is 2.43. The summed E-state index contributed by atoms with van der Waals surface area (Å²) in [6, 6.07) is 0. The van der Waals surface area contributed by atoms with Crippen LogP contribution in [-0.2, 0) is 19.0 Å². The van der Waals surface area contributed by atoms with Crippen LogP contribution >= 0.6 is 0 Å². The van der Waals surface area contributed by atoms with Crippen LogP contribution < -0.4 is 0 Å². The van der Waals surface area contributed by atoms with Gasteiger partial charge in [-0.15, -0.1) is 0 Å². The minimum atomic E-state index is -0.894. The van der Waals surface area contributed by atoms with Crippen molar-refractivity contribution in [2.75, 3.05) is 26.3 Å². The van der Waals surface area contributed by atoms with Crippen molar-refractivity contribution in [3.8, 4) is 0 Å². The number of hydrogen-bond acceptors (Lipinski definition) is 6. The van der Waals surface area contributed by atoms with Crippen molar-refractivity contribution in [1.29, 1.82) is 0 Å². The second kappa shape index (κ2) is 5.83. The molecule has 2 aliphatic rings. The fraction of sp³-hybridized carbons (Fsp3) is 0.867. The van der Waals surface area contributed by atoms with Crippen molar-refractivity contribution >= 4 is 12.1 Å². The van der Waals surface area contributed by atoms with Crippen LogP contribution in [0.5, 0.6) is 0 Å². The standard InChI is InChI=1S/C15H25NO5/c1-14(2,3)16-7-5-11(6-8-16)21-12(17)15(4)9-19-13(18)20-10-15/h11H,5-10H2,1-4H3. The first-order valence-electron chi connectivity index (χ1n) is 7.46. The molecule has 0 spiro atoms. The summed E-state index contributed by atoms with van der Waals surface area (Å²) in [6.07, 6.45) is 0.878. The molecule has 0 N–H and O–H groups in total. The molecule has 0 atom stereocenters. The summed E-state index contributed by atoms with van der Waals surface area (Å²) >= 11 is 0. The second-order valence-electron chi connectivity index (χ2n) is 7.15. The van der Waals surface area contributed by atoms with Crippen LogP contribution in [-0.4, -0.2) is 55.0 Å². The zero-order valence-electron chi connectivity index (χ0n) is 13.3. The first-order chi connectivity index (χ1) is 9.71. The van der Waals surface area contributed by atoms with Crippen molar-refractivity contribution in [1.82, 2.24) is 4.90 Å². The fourth-order valence-electron chi connectivity index (χ4n) is 2.58. The van der Waals surface area contributed by atoms with Gasteiger partial charge < -0.3 is 14.2 Å².